The quantitative estimate of drug-likeness (QED) is 0.243. The van der Waals surface area contributed by atoms with Gasteiger partial charge in [-0.1, -0.05) is 36.0 Å². The van der Waals surface area contributed by atoms with Crippen LogP contribution >= 0.6 is 27.7 Å². The van der Waals surface area contributed by atoms with E-state index in [0.717, 1.165) is 21.2 Å². The summed E-state index contributed by atoms with van der Waals surface area (Å²) in [6, 6.07) is 27.4. The lowest BCUT2D eigenvalue weighted by Crippen LogP contribution is -2.17. The Morgan fingerprint density at radius 2 is 1.18 bits per heavy atom. The highest BCUT2D eigenvalue weighted by atomic mass is 79.9. The van der Waals surface area contributed by atoms with Crippen LogP contribution in [0.3, 0.4) is 0 Å². The van der Waals surface area contributed by atoms with E-state index in [-0.39, 0.29) is 22.3 Å². The third kappa shape index (κ3) is 3.04. The van der Waals surface area contributed by atoms with Gasteiger partial charge in [-0.15, -0.1) is 0 Å². The van der Waals surface area contributed by atoms with Crippen LogP contribution in [-0.2, 0) is 0 Å². The minimum Gasteiger partial charge on any atom is -0.306 e. The van der Waals surface area contributed by atoms with E-state index in [4.69, 9.17) is 0 Å². The van der Waals surface area contributed by atoms with Crippen LogP contribution in [0, 0.1) is 45.3 Å². The lowest BCUT2D eigenvalue weighted by molar-refractivity contribution is 1.17. The molecule has 1 aliphatic heterocycles. The summed E-state index contributed by atoms with van der Waals surface area (Å²) in [4.78, 5) is 3.98. The summed E-state index contributed by atoms with van der Waals surface area (Å²) >= 11 is 5.11. The van der Waals surface area contributed by atoms with Gasteiger partial charge in [-0.2, -0.15) is 21.0 Å². The molecule has 4 aromatic rings. The molecule has 0 bridgehead atoms. The zero-order valence-electron chi connectivity index (χ0n) is 16.8. The standard InChI is InChI=1S/C26H10BrN5S/c27-25-17-9-16(12-29)20(14-31)26(18(17)10-15(11-28)19(25)13-30)32-21-5-1-3-7-23(21)33-24-8-4-2-6-22(24)32/h1-10H. The fraction of sp³-hybridized carbons (Fsp3) is 0. The fourth-order valence-electron chi connectivity index (χ4n) is 4.06. The van der Waals surface area contributed by atoms with E-state index in [2.05, 4.69) is 40.2 Å². The van der Waals surface area contributed by atoms with Crippen LogP contribution in [0.5, 0.6) is 0 Å². The van der Waals surface area contributed by atoms with E-state index in [1.165, 1.54) is 0 Å². The molecule has 0 atom stereocenters. The first-order valence-electron chi connectivity index (χ1n) is 9.72. The monoisotopic (exact) mass is 503 g/mol. The summed E-state index contributed by atoms with van der Waals surface area (Å²) in [7, 11) is 0. The van der Waals surface area contributed by atoms with Gasteiger partial charge in [-0.05, 0) is 52.3 Å². The Bertz CT molecular complexity index is 1620. The molecule has 0 saturated heterocycles. The van der Waals surface area contributed by atoms with Gasteiger partial charge in [0.25, 0.3) is 0 Å². The Morgan fingerprint density at radius 3 is 1.73 bits per heavy atom. The maximum Gasteiger partial charge on any atom is 0.103 e. The molecule has 0 amide bonds. The number of benzene rings is 4. The summed E-state index contributed by atoms with van der Waals surface area (Å²) in [5.74, 6) is 0. The molecule has 0 radical (unpaired) electrons. The SMILES string of the molecule is N#Cc1cc2c(N3c4ccccc4Sc4ccccc43)c(C#N)c(C#N)cc2c(Br)c1C#N. The number of anilines is 3. The van der Waals surface area contributed by atoms with Gasteiger partial charge in [0.1, 0.15) is 24.3 Å². The predicted molar refractivity (Wildman–Crippen MR) is 129 cm³/mol. The molecule has 1 heterocycles. The van der Waals surface area contributed by atoms with E-state index in [1.807, 2.05) is 53.4 Å². The van der Waals surface area contributed by atoms with Gasteiger partial charge < -0.3 is 4.90 Å². The van der Waals surface area contributed by atoms with E-state index in [0.29, 0.717) is 20.9 Å². The Labute approximate surface area is 202 Å². The van der Waals surface area contributed by atoms with E-state index in [1.54, 1.807) is 23.9 Å². The second-order valence-corrected chi connectivity index (χ2v) is 9.05. The molecule has 0 unspecified atom stereocenters. The van der Waals surface area contributed by atoms with Gasteiger partial charge in [-0.25, -0.2) is 0 Å². The van der Waals surface area contributed by atoms with E-state index < -0.39 is 0 Å². The second-order valence-electron chi connectivity index (χ2n) is 7.18. The number of para-hydroxylation sites is 2. The molecule has 5 nitrogen and oxygen atoms in total. The molecule has 0 spiro atoms. The molecular weight excluding hydrogens is 494 g/mol. The minimum atomic E-state index is 0.194. The minimum absolute atomic E-state index is 0.194. The first-order valence-corrected chi connectivity index (χ1v) is 11.3. The van der Waals surface area contributed by atoms with Crippen LogP contribution in [0.25, 0.3) is 10.8 Å². The lowest BCUT2D eigenvalue weighted by atomic mass is 9.94. The van der Waals surface area contributed by atoms with Crippen LogP contribution < -0.4 is 4.90 Å². The average Bonchev–Trinajstić information content (AvgIpc) is 2.86. The number of hydrogen-bond donors (Lipinski definition) is 0. The number of halogens is 1. The van der Waals surface area contributed by atoms with Crippen molar-refractivity contribution in [2.24, 2.45) is 0 Å². The van der Waals surface area contributed by atoms with Crippen molar-refractivity contribution in [2.75, 3.05) is 4.90 Å². The topological polar surface area (TPSA) is 98.4 Å². The highest BCUT2D eigenvalue weighted by Crippen LogP contribution is 2.54. The maximum atomic E-state index is 10.2. The molecule has 152 valence electrons. The summed E-state index contributed by atoms with van der Waals surface area (Å²) in [5.41, 5.74) is 3.04. The zero-order chi connectivity index (χ0) is 23.1. The summed E-state index contributed by atoms with van der Waals surface area (Å²) in [6.45, 7) is 0. The highest BCUT2D eigenvalue weighted by Gasteiger charge is 2.30. The van der Waals surface area contributed by atoms with Crippen molar-refractivity contribution in [3.8, 4) is 24.3 Å². The van der Waals surface area contributed by atoms with Crippen LogP contribution in [0.4, 0.5) is 17.1 Å². The first kappa shape index (κ1) is 20.6. The fourth-order valence-corrected chi connectivity index (χ4v) is 5.75. The van der Waals surface area contributed by atoms with Crippen LogP contribution in [0.1, 0.15) is 22.3 Å². The van der Waals surface area contributed by atoms with Crippen molar-refractivity contribution in [3.63, 3.8) is 0 Å². The Morgan fingerprint density at radius 1 is 0.667 bits per heavy atom. The second kappa shape index (κ2) is 8.01. The zero-order valence-corrected chi connectivity index (χ0v) is 19.2. The average molecular weight is 504 g/mol. The predicted octanol–water partition coefficient (Wildman–Crippen LogP) is 7.02. The first-order chi connectivity index (χ1) is 16.1. The Kier molecular flexibility index (Phi) is 5.01. The normalized spacial score (nSPS) is 11.5. The number of fused-ring (bicyclic) bond motifs is 3. The molecule has 33 heavy (non-hydrogen) atoms. The third-order valence-corrected chi connectivity index (χ3v) is 7.43. The molecule has 7 heteroatoms. The van der Waals surface area contributed by atoms with E-state index >= 15 is 0 Å². The summed E-state index contributed by atoms with van der Waals surface area (Å²) < 4.78 is 0.425. The number of nitriles is 4. The van der Waals surface area contributed by atoms with Gasteiger partial charge in [0, 0.05) is 25.0 Å². The van der Waals surface area contributed by atoms with Crippen molar-refractivity contribution < 1.29 is 0 Å². The van der Waals surface area contributed by atoms with Crippen LogP contribution in [-0.4, -0.2) is 0 Å². The van der Waals surface area contributed by atoms with Crippen molar-refractivity contribution in [3.05, 3.63) is 87.4 Å². The number of nitrogens with zero attached hydrogens (tertiary/aromatic N) is 5. The van der Waals surface area contributed by atoms with Gasteiger partial charge in [0.2, 0.25) is 0 Å². The molecule has 4 aromatic carbocycles. The Hall–Kier alpha value is -4.27. The molecule has 5 rings (SSSR count). The van der Waals surface area contributed by atoms with Gasteiger partial charge in [-0.3, -0.25) is 0 Å². The van der Waals surface area contributed by atoms with Gasteiger partial charge in [0.05, 0.1) is 39.3 Å². The molecule has 0 fully saturated rings. The molecule has 1 aliphatic rings. The maximum absolute atomic E-state index is 10.2. The van der Waals surface area contributed by atoms with Gasteiger partial charge in [0.15, 0.2) is 0 Å². The molecule has 0 N–H and O–H groups in total. The van der Waals surface area contributed by atoms with Crippen LogP contribution in [0.15, 0.2) is 74.9 Å². The van der Waals surface area contributed by atoms with Crippen molar-refractivity contribution >= 4 is 55.5 Å². The summed E-state index contributed by atoms with van der Waals surface area (Å²) in [6.07, 6.45) is 0. The van der Waals surface area contributed by atoms with Crippen LogP contribution in [0.2, 0.25) is 0 Å². The van der Waals surface area contributed by atoms with Crippen molar-refractivity contribution in [2.45, 2.75) is 9.79 Å². The molecule has 0 saturated carbocycles. The smallest absolute Gasteiger partial charge is 0.103 e. The largest absolute Gasteiger partial charge is 0.306 e. The molecule has 0 aromatic heterocycles. The Balaban J connectivity index is 2.01. The van der Waals surface area contributed by atoms with Crippen molar-refractivity contribution in [1.29, 1.82) is 21.0 Å². The number of hydrogen-bond acceptors (Lipinski definition) is 6. The van der Waals surface area contributed by atoms with E-state index in [9.17, 15) is 21.0 Å². The molecular formula is C26H10BrN5S. The summed E-state index contributed by atoms with van der Waals surface area (Å²) in [5, 5.41) is 40.6. The third-order valence-electron chi connectivity index (χ3n) is 5.47. The number of rotatable bonds is 1. The van der Waals surface area contributed by atoms with Gasteiger partial charge >= 0.3 is 0 Å². The van der Waals surface area contributed by atoms with Crippen molar-refractivity contribution in [1.82, 2.24) is 0 Å². The highest BCUT2D eigenvalue weighted by molar-refractivity contribution is 9.10. The lowest BCUT2D eigenvalue weighted by Gasteiger charge is -2.34. The molecule has 0 aliphatic carbocycles.